The number of carbonyl (C=O) groups excluding carboxylic acids is 2. The molecule has 0 aliphatic carbocycles. The van der Waals surface area contributed by atoms with Gasteiger partial charge in [-0.1, -0.05) is 23.7 Å². The molecule has 2 aromatic carbocycles. The molecule has 2 aromatic rings. The van der Waals surface area contributed by atoms with Crippen molar-refractivity contribution in [2.24, 2.45) is 0 Å². The SMILES string of the molecule is CCOc1ccc(/C(O)=C2/C(=O)C(=O)N(CC3CCCO3)C2c2cccc(Cl)c2)cc1. The van der Waals surface area contributed by atoms with E-state index in [0.29, 0.717) is 35.1 Å². The van der Waals surface area contributed by atoms with Gasteiger partial charge in [-0.3, -0.25) is 9.59 Å². The number of Topliss-reactive ketones (excluding diaryl/α,β-unsaturated/α-hetero) is 1. The largest absolute Gasteiger partial charge is 0.507 e. The van der Waals surface area contributed by atoms with Gasteiger partial charge in [0.2, 0.25) is 0 Å². The lowest BCUT2D eigenvalue weighted by atomic mass is 9.95. The summed E-state index contributed by atoms with van der Waals surface area (Å²) in [6.45, 7) is 3.33. The molecule has 4 rings (SSSR count). The highest BCUT2D eigenvalue weighted by Gasteiger charge is 2.47. The third kappa shape index (κ3) is 4.31. The Bertz CT molecular complexity index is 1010. The van der Waals surface area contributed by atoms with E-state index in [-0.39, 0.29) is 24.0 Å². The molecule has 2 aliphatic rings. The fourth-order valence-electron chi connectivity index (χ4n) is 4.13. The molecule has 1 N–H and O–H groups in total. The van der Waals surface area contributed by atoms with E-state index in [1.807, 2.05) is 6.92 Å². The van der Waals surface area contributed by atoms with Crippen LogP contribution in [0.25, 0.3) is 5.76 Å². The fraction of sp³-hybridized carbons (Fsp3) is 0.333. The van der Waals surface area contributed by atoms with Crippen LogP contribution in [0.1, 0.15) is 36.9 Å². The molecule has 0 radical (unpaired) electrons. The van der Waals surface area contributed by atoms with E-state index in [4.69, 9.17) is 21.1 Å². The van der Waals surface area contributed by atoms with Gasteiger partial charge in [0.25, 0.3) is 11.7 Å². The molecular weight excluding hydrogens is 418 g/mol. The molecule has 2 fully saturated rings. The third-order valence-electron chi connectivity index (χ3n) is 5.57. The van der Waals surface area contributed by atoms with Crippen LogP contribution in [0.4, 0.5) is 0 Å². The number of aliphatic hydroxyl groups excluding tert-OH is 1. The van der Waals surface area contributed by atoms with Crippen LogP contribution in [0.2, 0.25) is 5.02 Å². The topological polar surface area (TPSA) is 76.1 Å². The highest BCUT2D eigenvalue weighted by molar-refractivity contribution is 6.46. The highest BCUT2D eigenvalue weighted by Crippen LogP contribution is 2.40. The summed E-state index contributed by atoms with van der Waals surface area (Å²) >= 11 is 6.20. The molecule has 0 bridgehead atoms. The maximum Gasteiger partial charge on any atom is 0.295 e. The number of halogens is 1. The van der Waals surface area contributed by atoms with E-state index in [2.05, 4.69) is 0 Å². The first kappa shape index (κ1) is 21.4. The zero-order chi connectivity index (χ0) is 22.0. The number of hydrogen-bond donors (Lipinski definition) is 1. The lowest BCUT2D eigenvalue weighted by Gasteiger charge is -2.27. The summed E-state index contributed by atoms with van der Waals surface area (Å²) in [5, 5.41) is 11.6. The van der Waals surface area contributed by atoms with Gasteiger partial charge in [0.1, 0.15) is 11.5 Å². The van der Waals surface area contributed by atoms with Gasteiger partial charge >= 0.3 is 0 Å². The predicted molar refractivity (Wildman–Crippen MR) is 117 cm³/mol. The van der Waals surface area contributed by atoms with Crippen molar-refractivity contribution in [1.82, 2.24) is 4.90 Å². The van der Waals surface area contributed by atoms with Crippen LogP contribution >= 0.6 is 11.6 Å². The normalized spacial score (nSPS) is 22.8. The fourth-order valence-corrected chi connectivity index (χ4v) is 4.33. The second-order valence-corrected chi connectivity index (χ2v) is 8.04. The molecular formula is C24H24ClNO5. The van der Waals surface area contributed by atoms with Crippen LogP contribution in [0.15, 0.2) is 54.1 Å². The number of amides is 1. The van der Waals surface area contributed by atoms with Crippen LogP contribution < -0.4 is 4.74 Å². The lowest BCUT2D eigenvalue weighted by molar-refractivity contribution is -0.140. The Kier molecular flexibility index (Phi) is 6.30. The molecule has 2 unspecified atom stereocenters. The summed E-state index contributed by atoms with van der Waals surface area (Å²) in [7, 11) is 0. The second-order valence-electron chi connectivity index (χ2n) is 7.60. The van der Waals surface area contributed by atoms with E-state index < -0.39 is 17.7 Å². The minimum Gasteiger partial charge on any atom is -0.507 e. The summed E-state index contributed by atoms with van der Waals surface area (Å²) in [6.07, 6.45) is 1.61. The predicted octanol–water partition coefficient (Wildman–Crippen LogP) is 4.34. The number of likely N-dealkylation sites (tertiary alicyclic amines) is 1. The molecule has 2 saturated heterocycles. The van der Waals surface area contributed by atoms with E-state index in [1.165, 1.54) is 4.90 Å². The molecule has 0 aromatic heterocycles. The van der Waals surface area contributed by atoms with Gasteiger partial charge in [-0.2, -0.15) is 0 Å². The smallest absolute Gasteiger partial charge is 0.295 e. The van der Waals surface area contributed by atoms with Gasteiger partial charge in [0.05, 0.1) is 24.3 Å². The zero-order valence-electron chi connectivity index (χ0n) is 17.2. The number of aliphatic hydroxyl groups is 1. The lowest BCUT2D eigenvalue weighted by Crippen LogP contribution is -2.36. The van der Waals surface area contributed by atoms with E-state index in [1.54, 1.807) is 48.5 Å². The maximum absolute atomic E-state index is 13.0. The molecule has 7 heteroatoms. The van der Waals surface area contributed by atoms with Gasteiger partial charge in [-0.05, 0) is 61.7 Å². The molecule has 6 nitrogen and oxygen atoms in total. The number of benzene rings is 2. The van der Waals surface area contributed by atoms with Crippen LogP contribution in [0.3, 0.4) is 0 Å². The van der Waals surface area contributed by atoms with Crippen molar-refractivity contribution in [3.63, 3.8) is 0 Å². The van der Waals surface area contributed by atoms with Crippen LogP contribution in [0.5, 0.6) is 5.75 Å². The van der Waals surface area contributed by atoms with E-state index in [9.17, 15) is 14.7 Å². The summed E-state index contributed by atoms with van der Waals surface area (Å²) < 4.78 is 11.1. The van der Waals surface area contributed by atoms with Gasteiger partial charge < -0.3 is 19.5 Å². The molecule has 1 amide bonds. The average Bonchev–Trinajstić information content (AvgIpc) is 3.36. The highest BCUT2D eigenvalue weighted by atomic mass is 35.5. The van der Waals surface area contributed by atoms with Crippen molar-refractivity contribution in [2.75, 3.05) is 19.8 Å². The molecule has 0 spiro atoms. The first-order chi connectivity index (χ1) is 15.0. The summed E-state index contributed by atoms with van der Waals surface area (Å²) in [5.41, 5.74) is 1.15. The van der Waals surface area contributed by atoms with Gasteiger partial charge in [0, 0.05) is 23.7 Å². The van der Waals surface area contributed by atoms with Crippen molar-refractivity contribution < 1.29 is 24.2 Å². The Morgan fingerprint density at radius 3 is 2.65 bits per heavy atom. The standard InChI is InChI=1S/C24H24ClNO5/c1-2-30-18-10-8-15(9-11-18)22(27)20-21(16-5-3-6-17(25)13-16)26(24(29)23(20)28)14-19-7-4-12-31-19/h3,5-6,8-11,13,19,21,27H,2,4,7,12,14H2,1H3/b22-20-. The minimum absolute atomic E-state index is 0.0504. The number of rotatable bonds is 6. The zero-order valence-corrected chi connectivity index (χ0v) is 18.0. The van der Waals surface area contributed by atoms with Crippen molar-refractivity contribution in [3.8, 4) is 5.75 Å². The molecule has 31 heavy (non-hydrogen) atoms. The Hall–Kier alpha value is -2.83. The Morgan fingerprint density at radius 1 is 1.23 bits per heavy atom. The number of nitrogens with zero attached hydrogens (tertiary/aromatic N) is 1. The first-order valence-corrected chi connectivity index (χ1v) is 10.8. The molecule has 2 aliphatic heterocycles. The van der Waals surface area contributed by atoms with Gasteiger partial charge in [-0.25, -0.2) is 0 Å². The van der Waals surface area contributed by atoms with Crippen molar-refractivity contribution >= 4 is 29.1 Å². The van der Waals surface area contributed by atoms with Crippen LogP contribution in [-0.2, 0) is 14.3 Å². The van der Waals surface area contributed by atoms with Crippen molar-refractivity contribution in [2.45, 2.75) is 31.9 Å². The number of ether oxygens (including phenoxy) is 2. The third-order valence-corrected chi connectivity index (χ3v) is 5.80. The molecule has 0 saturated carbocycles. The van der Waals surface area contributed by atoms with Crippen molar-refractivity contribution in [1.29, 1.82) is 0 Å². The number of ketones is 1. The Labute approximate surface area is 186 Å². The second kappa shape index (κ2) is 9.12. The average molecular weight is 442 g/mol. The monoisotopic (exact) mass is 441 g/mol. The molecule has 162 valence electrons. The minimum atomic E-state index is -0.741. The van der Waals surface area contributed by atoms with Crippen molar-refractivity contribution in [3.05, 3.63) is 70.3 Å². The van der Waals surface area contributed by atoms with Crippen LogP contribution in [-0.4, -0.2) is 47.6 Å². The first-order valence-electron chi connectivity index (χ1n) is 10.4. The Balaban J connectivity index is 1.78. The molecule has 2 atom stereocenters. The Morgan fingerprint density at radius 2 is 2.00 bits per heavy atom. The summed E-state index contributed by atoms with van der Waals surface area (Å²) in [6, 6.07) is 13.0. The number of carbonyl (C=O) groups is 2. The van der Waals surface area contributed by atoms with E-state index >= 15 is 0 Å². The molecule has 2 heterocycles. The number of hydrogen-bond acceptors (Lipinski definition) is 5. The van der Waals surface area contributed by atoms with Gasteiger partial charge in [-0.15, -0.1) is 0 Å². The maximum atomic E-state index is 13.0. The van der Waals surface area contributed by atoms with E-state index in [0.717, 1.165) is 12.8 Å². The summed E-state index contributed by atoms with van der Waals surface area (Å²) in [4.78, 5) is 27.5. The van der Waals surface area contributed by atoms with Crippen LogP contribution in [0, 0.1) is 0 Å². The quantitative estimate of drug-likeness (QED) is 0.410. The summed E-state index contributed by atoms with van der Waals surface area (Å²) in [5.74, 6) is -0.923. The van der Waals surface area contributed by atoms with Gasteiger partial charge in [0.15, 0.2) is 0 Å².